The number of fused-ring (bicyclic) bond motifs is 1. The first-order chi connectivity index (χ1) is 14.9. The number of ketones is 1. The minimum atomic E-state index is -0.451. The van der Waals surface area contributed by atoms with Crippen LogP contribution >= 0.6 is 11.8 Å². The van der Waals surface area contributed by atoms with Gasteiger partial charge in [0.2, 0.25) is 5.91 Å². The van der Waals surface area contributed by atoms with Gasteiger partial charge in [0.1, 0.15) is 0 Å². The maximum absolute atomic E-state index is 13.2. The molecule has 0 saturated heterocycles. The summed E-state index contributed by atoms with van der Waals surface area (Å²) in [6, 6.07) is 14.3. The van der Waals surface area contributed by atoms with E-state index in [0.29, 0.717) is 27.3 Å². The lowest BCUT2D eigenvalue weighted by Crippen LogP contribution is -2.29. The lowest BCUT2D eigenvalue weighted by atomic mass is 10.1. The molecule has 0 unspecified atom stereocenters. The Hall–Kier alpha value is -2.93. The topological polar surface area (TPSA) is 81.1 Å². The van der Waals surface area contributed by atoms with Crippen LogP contribution in [0.1, 0.15) is 55.9 Å². The third-order valence-electron chi connectivity index (χ3n) is 5.68. The average Bonchev–Trinajstić information content (AvgIpc) is 3.28. The minimum absolute atomic E-state index is 0.0194. The Kier molecular flexibility index (Phi) is 6.23. The molecule has 1 fully saturated rings. The van der Waals surface area contributed by atoms with Crippen LogP contribution in [-0.4, -0.2) is 26.5 Å². The van der Waals surface area contributed by atoms with Gasteiger partial charge >= 0.3 is 0 Å². The number of aromatic nitrogens is 2. The van der Waals surface area contributed by atoms with Gasteiger partial charge in [0.05, 0.1) is 16.2 Å². The predicted octanol–water partition coefficient (Wildman–Crippen LogP) is 4.83. The Bertz CT molecular complexity index is 1180. The van der Waals surface area contributed by atoms with Crippen LogP contribution in [0.5, 0.6) is 0 Å². The molecule has 0 spiro atoms. The number of benzene rings is 2. The first-order valence-corrected chi connectivity index (χ1v) is 11.4. The molecule has 1 N–H and O–H groups in total. The Balaban J connectivity index is 1.59. The number of hydrogen-bond donors (Lipinski definition) is 1. The number of nitrogens with one attached hydrogen (secondary N) is 1. The Morgan fingerprint density at radius 1 is 1.10 bits per heavy atom. The van der Waals surface area contributed by atoms with Crippen molar-refractivity contribution in [2.45, 2.75) is 56.0 Å². The number of Topliss-reactive ketones (excluding diaryl/α,β-unsaturated/α-hetero) is 1. The molecule has 3 aromatic rings. The minimum Gasteiger partial charge on any atom is -0.325 e. The van der Waals surface area contributed by atoms with Crippen molar-refractivity contribution < 1.29 is 9.59 Å². The molecule has 6 nitrogen and oxygen atoms in total. The molecule has 1 aliphatic rings. The van der Waals surface area contributed by atoms with Crippen molar-refractivity contribution >= 4 is 40.0 Å². The van der Waals surface area contributed by atoms with Crippen LogP contribution in [0.4, 0.5) is 5.69 Å². The van der Waals surface area contributed by atoms with Crippen molar-refractivity contribution in [3.8, 4) is 0 Å². The standard InChI is InChI=1S/C24H25N3O3S/c1-15(28)17-11-13-18(14-12-17)25-22(29)16(2)31-24-26-21-10-6-5-9-20(21)23(30)27(24)19-7-3-4-8-19/h5-6,9-14,16,19H,3-4,7-8H2,1-2H3,(H,25,29)/t16-/m0/s1. The first kappa shape index (κ1) is 21.3. The highest BCUT2D eigenvalue weighted by atomic mass is 32.2. The highest BCUT2D eigenvalue weighted by molar-refractivity contribution is 8.00. The van der Waals surface area contributed by atoms with E-state index in [9.17, 15) is 14.4 Å². The number of para-hydroxylation sites is 1. The second-order valence-electron chi connectivity index (χ2n) is 7.91. The molecule has 1 aromatic heterocycles. The van der Waals surface area contributed by atoms with E-state index in [4.69, 9.17) is 4.98 Å². The average molecular weight is 436 g/mol. The van der Waals surface area contributed by atoms with Gasteiger partial charge in [-0.25, -0.2) is 4.98 Å². The maximum Gasteiger partial charge on any atom is 0.262 e. The van der Waals surface area contributed by atoms with Crippen LogP contribution in [-0.2, 0) is 4.79 Å². The van der Waals surface area contributed by atoms with E-state index in [2.05, 4.69) is 5.32 Å². The number of nitrogens with zero attached hydrogens (tertiary/aromatic N) is 2. The summed E-state index contributed by atoms with van der Waals surface area (Å²) in [5.74, 6) is -0.199. The Morgan fingerprint density at radius 2 is 1.77 bits per heavy atom. The zero-order chi connectivity index (χ0) is 22.0. The van der Waals surface area contributed by atoms with Gasteiger partial charge in [-0.2, -0.15) is 0 Å². The molecule has 1 heterocycles. The van der Waals surface area contributed by atoms with E-state index in [1.54, 1.807) is 28.8 Å². The number of anilines is 1. The number of amides is 1. The predicted molar refractivity (Wildman–Crippen MR) is 124 cm³/mol. The third-order valence-corrected chi connectivity index (χ3v) is 6.74. The van der Waals surface area contributed by atoms with E-state index < -0.39 is 5.25 Å². The lowest BCUT2D eigenvalue weighted by Gasteiger charge is -2.20. The molecule has 0 bridgehead atoms. The second-order valence-corrected chi connectivity index (χ2v) is 9.22. The fourth-order valence-electron chi connectivity index (χ4n) is 3.94. The summed E-state index contributed by atoms with van der Waals surface area (Å²) in [5.41, 5.74) is 1.84. The van der Waals surface area contributed by atoms with Gasteiger partial charge in [-0.1, -0.05) is 36.7 Å². The fourth-order valence-corrected chi connectivity index (χ4v) is 4.92. The van der Waals surface area contributed by atoms with E-state index in [-0.39, 0.29) is 23.3 Å². The van der Waals surface area contributed by atoms with E-state index in [1.165, 1.54) is 18.7 Å². The SMILES string of the molecule is CC(=O)c1ccc(NC(=O)[C@H](C)Sc2nc3ccccc3c(=O)n2C2CCCC2)cc1. The molecule has 1 atom stereocenters. The molecule has 0 radical (unpaired) electrons. The van der Waals surface area contributed by atoms with Crippen LogP contribution in [0.2, 0.25) is 0 Å². The summed E-state index contributed by atoms with van der Waals surface area (Å²) in [6.45, 7) is 3.32. The van der Waals surface area contributed by atoms with Gasteiger partial charge in [0.15, 0.2) is 10.9 Å². The van der Waals surface area contributed by atoms with Gasteiger partial charge in [-0.3, -0.25) is 19.0 Å². The molecule has 4 rings (SSSR count). The third kappa shape index (κ3) is 4.56. The van der Waals surface area contributed by atoms with Crippen LogP contribution in [0.25, 0.3) is 10.9 Å². The molecule has 0 aliphatic heterocycles. The summed E-state index contributed by atoms with van der Waals surface area (Å²) in [5, 5.41) is 3.63. The summed E-state index contributed by atoms with van der Waals surface area (Å²) in [6.07, 6.45) is 4.10. The monoisotopic (exact) mass is 435 g/mol. The van der Waals surface area contributed by atoms with Crippen molar-refractivity contribution in [3.63, 3.8) is 0 Å². The second kappa shape index (κ2) is 9.06. The summed E-state index contributed by atoms with van der Waals surface area (Å²) < 4.78 is 1.80. The van der Waals surface area contributed by atoms with E-state index in [0.717, 1.165) is 25.7 Å². The van der Waals surface area contributed by atoms with Crippen LogP contribution in [0.3, 0.4) is 0 Å². The van der Waals surface area contributed by atoms with Crippen molar-refractivity contribution in [1.82, 2.24) is 9.55 Å². The van der Waals surface area contributed by atoms with Gasteiger partial charge in [0, 0.05) is 17.3 Å². The van der Waals surface area contributed by atoms with Gasteiger partial charge in [-0.05, 0) is 63.1 Å². The Labute approximate surface area is 185 Å². The van der Waals surface area contributed by atoms with Crippen molar-refractivity contribution in [2.75, 3.05) is 5.32 Å². The molecule has 7 heteroatoms. The highest BCUT2D eigenvalue weighted by Gasteiger charge is 2.25. The zero-order valence-electron chi connectivity index (χ0n) is 17.6. The van der Waals surface area contributed by atoms with E-state index >= 15 is 0 Å². The van der Waals surface area contributed by atoms with Crippen LogP contribution < -0.4 is 10.9 Å². The van der Waals surface area contributed by atoms with Gasteiger partial charge in [-0.15, -0.1) is 0 Å². The molecule has 1 saturated carbocycles. The maximum atomic E-state index is 13.2. The summed E-state index contributed by atoms with van der Waals surface area (Å²) in [7, 11) is 0. The summed E-state index contributed by atoms with van der Waals surface area (Å²) in [4.78, 5) is 42.2. The van der Waals surface area contributed by atoms with Gasteiger partial charge in [0.25, 0.3) is 5.56 Å². The number of carbonyl (C=O) groups is 2. The molecule has 160 valence electrons. The number of rotatable bonds is 6. The smallest absolute Gasteiger partial charge is 0.262 e. The zero-order valence-corrected chi connectivity index (χ0v) is 18.4. The normalized spacial score (nSPS) is 15.2. The van der Waals surface area contributed by atoms with E-state index in [1.807, 2.05) is 31.2 Å². The van der Waals surface area contributed by atoms with Crippen molar-refractivity contribution in [1.29, 1.82) is 0 Å². The van der Waals surface area contributed by atoms with Crippen LogP contribution in [0.15, 0.2) is 58.5 Å². The largest absolute Gasteiger partial charge is 0.325 e. The Morgan fingerprint density at radius 3 is 2.45 bits per heavy atom. The number of carbonyl (C=O) groups excluding carboxylic acids is 2. The molecule has 1 amide bonds. The molecular formula is C24H25N3O3S. The van der Waals surface area contributed by atoms with Crippen molar-refractivity contribution in [3.05, 3.63) is 64.4 Å². The lowest BCUT2D eigenvalue weighted by molar-refractivity contribution is -0.115. The summed E-state index contributed by atoms with van der Waals surface area (Å²) >= 11 is 1.31. The first-order valence-electron chi connectivity index (χ1n) is 10.5. The van der Waals surface area contributed by atoms with Crippen LogP contribution in [0, 0.1) is 0 Å². The quantitative estimate of drug-likeness (QED) is 0.341. The molecule has 2 aromatic carbocycles. The number of hydrogen-bond acceptors (Lipinski definition) is 5. The fraction of sp³-hybridized carbons (Fsp3) is 0.333. The molecule has 31 heavy (non-hydrogen) atoms. The number of thioether (sulfide) groups is 1. The van der Waals surface area contributed by atoms with Gasteiger partial charge < -0.3 is 5.32 Å². The highest BCUT2D eigenvalue weighted by Crippen LogP contribution is 2.33. The van der Waals surface area contributed by atoms with Crippen molar-refractivity contribution in [2.24, 2.45) is 0 Å². The molecular weight excluding hydrogens is 410 g/mol. The molecule has 1 aliphatic carbocycles.